The fourth-order valence-corrected chi connectivity index (χ4v) is 1.68. The third kappa shape index (κ3) is 5.35. The lowest BCUT2D eigenvalue weighted by Crippen LogP contribution is -2.14. The number of rotatable bonds is 8. The molecule has 1 aromatic heterocycles. The molecule has 98 valence electrons. The summed E-state index contributed by atoms with van der Waals surface area (Å²) in [6.45, 7) is 5.23. The largest absolute Gasteiger partial charge is 0.464 e. The molecule has 1 rings (SSSR count). The first kappa shape index (κ1) is 14.2. The Balaban J connectivity index is 2.25. The first-order valence-electron chi connectivity index (χ1n) is 6.08. The SMILES string of the molecule is CNCc1cc(COCCCN(C)C)oc1C. The van der Waals surface area contributed by atoms with Gasteiger partial charge in [-0.2, -0.15) is 0 Å². The van der Waals surface area contributed by atoms with Crippen LogP contribution in [0.1, 0.15) is 23.5 Å². The maximum Gasteiger partial charge on any atom is 0.130 e. The van der Waals surface area contributed by atoms with E-state index in [-0.39, 0.29) is 0 Å². The van der Waals surface area contributed by atoms with Crippen LogP contribution in [0.2, 0.25) is 0 Å². The Morgan fingerprint density at radius 1 is 1.41 bits per heavy atom. The predicted molar refractivity (Wildman–Crippen MR) is 69.0 cm³/mol. The van der Waals surface area contributed by atoms with E-state index in [2.05, 4.69) is 30.4 Å². The van der Waals surface area contributed by atoms with Gasteiger partial charge in [-0.1, -0.05) is 0 Å². The Bertz CT molecular complexity index is 321. The Kier molecular flexibility index (Phi) is 6.26. The summed E-state index contributed by atoms with van der Waals surface area (Å²) < 4.78 is 11.2. The Morgan fingerprint density at radius 3 is 2.82 bits per heavy atom. The van der Waals surface area contributed by atoms with Crippen molar-refractivity contribution in [3.05, 3.63) is 23.2 Å². The first-order valence-corrected chi connectivity index (χ1v) is 6.08. The van der Waals surface area contributed by atoms with E-state index in [0.717, 1.165) is 37.6 Å². The lowest BCUT2D eigenvalue weighted by molar-refractivity contribution is 0.0988. The minimum absolute atomic E-state index is 0.567. The van der Waals surface area contributed by atoms with Crippen LogP contribution in [0.15, 0.2) is 10.5 Å². The van der Waals surface area contributed by atoms with Crippen molar-refractivity contribution in [3.8, 4) is 0 Å². The van der Waals surface area contributed by atoms with Crippen molar-refractivity contribution in [2.45, 2.75) is 26.5 Å². The molecule has 1 heterocycles. The molecule has 0 radical (unpaired) electrons. The molecule has 0 saturated heterocycles. The minimum Gasteiger partial charge on any atom is -0.464 e. The number of furan rings is 1. The van der Waals surface area contributed by atoms with E-state index in [1.165, 1.54) is 5.56 Å². The highest BCUT2D eigenvalue weighted by Gasteiger charge is 2.06. The van der Waals surface area contributed by atoms with Crippen molar-refractivity contribution in [1.82, 2.24) is 10.2 Å². The molecule has 0 amide bonds. The van der Waals surface area contributed by atoms with Gasteiger partial charge in [0.15, 0.2) is 0 Å². The number of hydrogen-bond donors (Lipinski definition) is 1. The van der Waals surface area contributed by atoms with Gasteiger partial charge in [0, 0.05) is 18.7 Å². The van der Waals surface area contributed by atoms with Gasteiger partial charge < -0.3 is 19.4 Å². The van der Waals surface area contributed by atoms with E-state index in [9.17, 15) is 0 Å². The van der Waals surface area contributed by atoms with Gasteiger partial charge in [0.1, 0.15) is 18.1 Å². The van der Waals surface area contributed by atoms with Crippen LogP contribution in [-0.2, 0) is 17.9 Å². The molecule has 4 nitrogen and oxygen atoms in total. The highest BCUT2D eigenvalue weighted by Crippen LogP contribution is 2.15. The molecule has 0 spiro atoms. The minimum atomic E-state index is 0.567. The third-order valence-corrected chi connectivity index (χ3v) is 2.58. The third-order valence-electron chi connectivity index (χ3n) is 2.58. The van der Waals surface area contributed by atoms with Crippen molar-refractivity contribution in [1.29, 1.82) is 0 Å². The Hall–Kier alpha value is -0.840. The molecule has 4 heteroatoms. The molecule has 0 bridgehead atoms. The summed E-state index contributed by atoms with van der Waals surface area (Å²) in [4.78, 5) is 2.16. The van der Waals surface area contributed by atoms with Crippen LogP contribution < -0.4 is 5.32 Å². The average Bonchev–Trinajstić information content (AvgIpc) is 2.59. The smallest absolute Gasteiger partial charge is 0.130 e. The Morgan fingerprint density at radius 2 is 2.18 bits per heavy atom. The fraction of sp³-hybridized carbons (Fsp3) is 0.692. The van der Waals surface area contributed by atoms with Crippen molar-refractivity contribution in [2.75, 3.05) is 34.3 Å². The molecule has 0 unspecified atom stereocenters. The lowest BCUT2D eigenvalue weighted by Gasteiger charge is -2.08. The van der Waals surface area contributed by atoms with Crippen molar-refractivity contribution < 1.29 is 9.15 Å². The molecule has 0 aliphatic carbocycles. The van der Waals surface area contributed by atoms with Gasteiger partial charge in [-0.25, -0.2) is 0 Å². The summed E-state index contributed by atoms with van der Waals surface area (Å²) in [7, 11) is 6.07. The number of nitrogens with one attached hydrogen (secondary N) is 1. The molecule has 0 aliphatic rings. The summed E-state index contributed by atoms with van der Waals surface area (Å²) in [5.41, 5.74) is 1.21. The molecule has 1 N–H and O–H groups in total. The monoisotopic (exact) mass is 240 g/mol. The quantitative estimate of drug-likeness (QED) is 0.703. The highest BCUT2D eigenvalue weighted by atomic mass is 16.5. The second kappa shape index (κ2) is 7.48. The van der Waals surface area contributed by atoms with Gasteiger partial charge in [-0.05, 0) is 47.1 Å². The summed E-state index contributed by atoms with van der Waals surface area (Å²) in [5.74, 6) is 1.89. The summed E-state index contributed by atoms with van der Waals surface area (Å²) in [5, 5.41) is 3.12. The number of ether oxygens (including phenoxy) is 1. The van der Waals surface area contributed by atoms with Gasteiger partial charge in [-0.3, -0.25) is 0 Å². The van der Waals surface area contributed by atoms with E-state index < -0.39 is 0 Å². The lowest BCUT2D eigenvalue weighted by atomic mass is 10.2. The highest BCUT2D eigenvalue weighted by molar-refractivity contribution is 5.20. The van der Waals surface area contributed by atoms with Crippen molar-refractivity contribution in [2.24, 2.45) is 0 Å². The van der Waals surface area contributed by atoms with Crippen LogP contribution in [0, 0.1) is 6.92 Å². The zero-order valence-corrected chi connectivity index (χ0v) is 11.4. The first-order chi connectivity index (χ1) is 8.13. The van der Waals surface area contributed by atoms with E-state index in [1.807, 2.05) is 14.0 Å². The maximum atomic E-state index is 5.62. The summed E-state index contributed by atoms with van der Waals surface area (Å²) in [6.07, 6.45) is 1.05. The second-order valence-corrected chi connectivity index (χ2v) is 4.53. The second-order valence-electron chi connectivity index (χ2n) is 4.53. The average molecular weight is 240 g/mol. The van der Waals surface area contributed by atoms with E-state index >= 15 is 0 Å². The molecule has 0 aromatic carbocycles. The zero-order chi connectivity index (χ0) is 12.7. The predicted octanol–water partition coefficient (Wildman–Crippen LogP) is 1.78. The maximum absolute atomic E-state index is 5.62. The molecular weight excluding hydrogens is 216 g/mol. The fourth-order valence-electron chi connectivity index (χ4n) is 1.68. The standard InChI is InChI=1S/C13H24N2O2/c1-11-12(9-14-2)8-13(17-11)10-16-7-5-6-15(3)4/h8,14H,5-7,9-10H2,1-4H3. The molecular formula is C13H24N2O2. The van der Waals surface area contributed by atoms with Crippen LogP contribution in [0.3, 0.4) is 0 Å². The normalized spacial score (nSPS) is 11.4. The topological polar surface area (TPSA) is 37.6 Å². The summed E-state index contributed by atoms with van der Waals surface area (Å²) >= 11 is 0. The van der Waals surface area contributed by atoms with Gasteiger partial charge in [0.2, 0.25) is 0 Å². The van der Waals surface area contributed by atoms with Crippen LogP contribution in [-0.4, -0.2) is 39.2 Å². The number of aryl methyl sites for hydroxylation is 1. The van der Waals surface area contributed by atoms with Gasteiger partial charge in [0.05, 0.1) is 0 Å². The van der Waals surface area contributed by atoms with E-state index in [0.29, 0.717) is 6.61 Å². The molecule has 0 aliphatic heterocycles. The number of hydrogen-bond acceptors (Lipinski definition) is 4. The van der Waals surface area contributed by atoms with Gasteiger partial charge >= 0.3 is 0 Å². The summed E-state index contributed by atoms with van der Waals surface area (Å²) in [6, 6.07) is 2.07. The molecule has 0 fully saturated rings. The molecule has 0 saturated carbocycles. The van der Waals surface area contributed by atoms with Gasteiger partial charge in [0.25, 0.3) is 0 Å². The van der Waals surface area contributed by atoms with Crippen molar-refractivity contribution in [3.63, 3.8) is 0 Å². The molecule has 0 atom stereocenters. The van der Waals surface area contributed by atoms with E-state index in [4.69, 9.17) is 9.15 Å². The van der Waals surface area contributed by atoms with Crippen molar-refractivity contribution >= 4 is 0 Å². The molecule has 17 heavy (non-hydrogen) atoms. The Labute approximate surface area is 104 Å². The zero-order valence-electron chi connectivity index (χ0n) is 11.4. The van der Waals surface area contributed by atoms with Crippen LogP contribution >= 0.6 is 0 Å². The van der Waals surface area contributed by atoms with E-state index in [1.54, 1.807) is 0 Å². The molecule has 1 aromatic rings. The van der Waals surface area contributed by atoms with Gasteiger partial charge in [-0.15, -0.1) is 0 Å². The number of nitrogens with zero attached hydrogens (tertiary/aromatic N) is 1. The van der Waals surface area contributed by atoms with Crippen LogP contribution in [0.5, 0.6) is 0 Å². The van der Waals surface area contributed by atoms with Crippen LogP contribution in [0.25, 0.3) is 0 Å². The van der Waals surface area contributed by atoms with Crippen LogP contribution in [0.4, 0.5) is 0 Å².